The van der Waals surface area contributed by atoms with Gasteiger partial charge in [0.25, 0.3) is 0 Å². The molecule has 0 spiro atoms. The summed E-state index contributed by atoms with van der Waals surface area (Å²) in [6.45, 7) is 8.90. The van der Waals surface area contributed by atoms with Crippen LogP contribution in [-0.4, -0.2) is 75.5 Å². The molecule has 2 heterocycles. The monoisotopic (exact) mass is 741 g/mol. The Morgan fingerprint density at radius 1 is 0.780 bits per heavy atom. The van der Waals surface area contributed by atoms with Crippen LogP contribution < -0.4 is 4.90 Å². The number of hydrogen-bond acceptors (Lipinski definition) is 9. The van der Waals surface area contributed by atoms with E-state index in [9.17, 15) is 34.4 Å². The van der Waals surface area contributed by atoms with Crippen LogP contribution in [-0.2, 0) is 40.9 Å². The van der Waals surface area contributed by atoms with Crippen LogP contribution in [0.3, 0.4) is 0 Å². The minimum absolute atomic E-state index is 0.149. The zero-order valence-corrected chi connectivity index (χ0v) is 31.6. The molecule has 50 heavy (non-hydrogen) atoms. The van der Waals surface area contributed by atoms with E-state index < -0.39 is 52.4 Å². The van der Waals surface area contributed by atoms with Crippen LogP contribution in [0.2, 0.25) is 0 Å². The summed E-state index contributed by atoms with van der Waals surface area (Å²) in [5.41, 5.74) is 6.12. The number of rotatable bonds is 12. The van der Waals surface area contributed by atoms with E-state index in [-0.39, 0.29) is 17.7 Å². The quantitative estimate of drug-likeness (QED) is 0.200. The molecule has 0 N–H and O–H groups in total. The zero-order valence-electron chi connectivity index (χ0n) is 29.2. The van der Waals surface area contributed by atoms with Gasteiger partial charge in [-0.2, -0.15) is 4.58 Å². The first kappa shape index (κ1) is 37.9. The van der Waals surface area contributed by atoms with E-state index in [2.05, 4.69) is 27.7 Å². The highest BCUT2D eigenvalue weighted by molar-refractivity contribution is 7.94. The van der Waals surface area contributed by atoms with E-state index in [0.29, 0.717) is 37.1 Å². The standard InChI is InChI=1S/C37H46N2O8S3/c1-36(2)29-15-6-8-17-31(29)38(23-11-25-49(42,43)44)33(36)21-19-27-13-10-14-28(35(27)48(5,40)41)20-22-34-37(3,4)30-16-7-9-18-32(30)39(34)24-12-26-50(45,46)47/h6-9,15-22H,10-14,23-26H2,1-5H3,(H-,42,43,44,45,46,47)/p-1. The van der Waals surface area contributed by atoms with Gasteiger partial charge in [-0.25, -0.2) is 25.3 Å². The number of sulfone groups is 1. The van der Waals surface area contributed by atoms with E-state index in [1.807, 2.05) is 82.3 Å². The van der Waals surface area contributed by atoms with Crippen LogP contribution in [0.1, 0.15) is 70.9 Å². The molecular formula is C37H45N2O8S3-. The van der Waals surface area contributed by atoms with Gasteiger partial charge in [-0.3, -0.25) is 0 Å². The van der Waals surface area contributed by atoms with Crippen molar-refractivity contribution in [3.05, 3.63) is 106 Å². The summed E-state index contributed by atoms with van der Waals surface area (Å²) in [6.07, 6.45) is 10.9. The molecule has 0 radical (unpaired) electrons. The maximum absolute atomic E-state index is 13.5. The molecular weight excluding hydrogens is 697 g/mol. The van der Waals surface area contributed by atoms with E-state index >= 15 is 0 Å². The highest BCUT2D eigenvalue weighted by Crippen LogP contribution is 2.48. The van der Waals surface area contributed by atoms with Gasteiger partial charge < -0.3 is 14.0 Å². The summed E-state index contributed by atoms with van der Waals surface area (Å²) >= 11 is 0. The lowest BCUT2D eigenvalue weighted by atomic mass is 9.81. The fourth-order valence-electron chi connectivity index (χ4n) is 7.62. The fraction of sp³-hybridized carbons (Fsp3) is 0.432. The Hall–Kier alpha value is -3.36. The molecule has 0 aromatic heterocycles. The Labute approximate surface area is 297 Å². The average molecular weight is 742 g/mol. The number of fused-ring (bicyclic) bond motifs is 2. The van der Waals surface area contributed by atoms with Crippen LogP contribution in [0.15, 0.2) is 94.6 Å². The summed E-state index contributed by atoms with van der Waals surface area (Å²) in [6, 6.07) is 15.7. The number of anilines is 1. The van der Waals surface area contributed by atoms with Gasteiger partial charge in [0.15, 0.2) is 15.5 Å². The molecule has 5 rings (SSSR count). The minimum Gasteiger partial charge on any atom is -0.748 e. The van der Waals surface area contributed by atoms with Crippen LogP contribution >= 0.6 is 0 Å². The van der Waals surface area contributed by atoms with Gasteiger partial charge in [0, 0.05) is 65.2 Å². The molecule has 2 aliphatic heterocycles. The molecule has 0 saturated heterocycles. The van der Waals surface area contributed by atoms with Crippen molar-refractivity contribution in [3.63, 3.8) is 0 Å². The summed E-state index contributed by atoms with van der Waals surface area (Å²) in [7, 11) is -12.4. The second kappa shape index (κ2) is 14.0. The molecule has 0 bridgehead atoms. The van der Waals surface area contributed by atoms with E-state index in [1.165, 1.54) is 6.26 Å². The van der Waals surface area contributed by atoms with E-state index in [4.69, 9.17) is 0 Å². The third-order valence-corrected chi connectivity index (χ3v) is 12.7. The number of hydrogen-bond donors (Lipinski definition) is 0. The van der Waals surface area contributed by atoms with Crippen molar-refractivity contribution in [2.75, 3.05) is 35.8 Å². The molecule has 13 heteroatoms. The molecule has 0 fully saturated rings. The molecule has 2 aromatic carbocycles. The number of allylic oxidation sites excluding steroid dienone is 7. The van der Waals surface area contributed by atoms with Gasteiger partial charge in [-0.15, -0.1) is 0 Å². The van der Waals surface area contributed by atoms with E-state index in [0.717, 1.165) is 40.3 Å². The van der Waals surface area contributed by atoms with Crippen LogP contribution in [0, 0.1) is 0 Å². The lowest BCUT2D eigenvalue weighted by Crippen LogP contribution is -2.28. The fourth-order valence-corrected chi connectivity index (χ4v) is 9.88. The number of nitrogens with zero attached hydrogens (tertiary/aromatic N) is 2. The molecule has 0 saturated carbocycles. The van der Waals surface area contributed by atoms with Crippen molar-refractivity contribution in [2.24, 2.45) is 0 Å². The Balaban J connectivity index is 1.57. The predicted molar refractivity (Wildman–Crippen MR) is 195 cm³/mol. The summed E-state index contributed by atoms with van der Waals surface area (Å²) < 4.78 is 97.2. The normalized spacial score (nSPS) is 20.7. The van der Waals surface area contributed by atoms with Crippen LogP contribution in [0.5, 0.6) is 0 Å². The summed E-state index contributed by atoms with van der Waals surface area (Å²) in [5.74, 6) is -0.958. The number of benzene rings is 2. The molecule has 3 aliphatic rings. The van der Waals surface area contributed by atoms with Gasteiger partial charge in [0.1, 0.15) is 6.54 Å². The Morgan fingerprint density at radius 2 is 1.40 bits per heavy atom. The second-order valence-electron chi connectivity index (χ2n) is 14.3. The predicted octanol–water partition coefficient (Wildman–Crippen LogP) is 5.58. The number of para-hydroxylation sites is 2. The van der Waals surface area contributed by atoms with Gasteiger partial charge in [-0.1, -0.05) is 62.4 Å². The minimum atomic E-state index is -4.38. The molecule has 0 atom stereocenters. The highest BCUT2D eigenvalue weighted by Gasteiger charge is 2.44. The highest BCUT2D eigenvalue weighted by atomic mass is 32.2. The first-order valence-corrected chi connectivity index (χ1v) is 21.8. The zero-order chi connectivity index (χ0) is 36.7. The van der Waals surface area contributed by atoms with E-state index in [1.54, 1.807) is 0 Å². The SMILES string of the molecule is CC1(C)C(/C=C/C2=C(S(C)(=O)=O)C(=C/C=C3/N(CCCS(=O)(=O)[O-])c4ccccc4C3(C)C)/CCC2)=[N+](CCCS(=O)(=O)[O-])c2ccccc21. The van der Waals surface area contributed by atoms with Crippen molar-refractivity contribution < 1.29 is 38.9 Å². The second-order valence-corrected chi connectivity index (χ2v) is 19.3. The molecule has 1 aliphatic carbocycles. The van der Waals surface area contributed by atoms with Crippen LogP contribution in [0.4, 0.5) is 11.4 Å². The third kappa shape index (κ3) is 8.07. The topological polar surface area (TPSA) is 155 Å². The molecule has 10 nitrogen and oxygen atoms in total. The molecule has 2 aromatic rings. The maximum atomic E-state index is 13.5. The maximum Gasteiger partial charge on any atom is 0.209 e. The summed E-state index contributed by atoms with van der Waals surface area (Å²) in [4.78, 5) is 2.29. The van der Waals surface area contributed by atoms with Crippen molar-refractivity contribution >= 4 is 47.2 Å². The summed E-state index contributed by atoms with van der Waals surface area (Å²) in [5, 5.41) is 0. The Morgan fingerprint density at radius 3 is 2.06 bits per heavy atom. The molecule has 0 unspecified atom stereocenters. The van der Waals surface area contributed by atoms with Gasteiger partial charge in [0.2, 0.25) is 5.69 Å². The average Bonchev–Trinajstić information content (AvgIpc) is 3.35. The lowest BCUT2D eigenvalue weighted by Gasteiger charge is -2.27. The molecule has 0 amide bonds. The van der Waals surface area contributed by atoms with Gasteiger partial charge in [0.05, 0.1) is 30.6 Å². The Kier molecular flexibility index (Phi) is 10.6. The largest absolute Gasteiger partial charge is 0.748 e. The van der Waals surface area contributed by atoms with Crippen molar-refractivity contribution in [1.82, 2.24) is 0 Å². The van der Waals surface area contributed by atoms with Crippen molar-refractivity contribution in [3.8, 4) is 0 Å². The Bertz CT molecular complexity index is 2170. The van der Waals surface area contributed by atoms with Gasteiger partial charge in [-0.05, 0) is 68.4 Å². The smallest absolute Gasteiger partial charge is 0.209 e. The first-order valence-electron chi connectivity index (χ1n) is 16.7. The third-order valence-electron chi connectivity index (χ3n) is 9.88. The van der Waals surface area contributed by atoms with Crippen molar-refractivity contribution in [1.29, 1.82) is 0 Å². The van der Waals surface area contributed by atoms with Crippen LogP contribution in [0.25, 0.3) is 0 Å². The van der Waals surface area contributed by atoms with Crippen molar-refractivity contribution in [2.45, 2.75) is 70.6 Å². The van der Waals surface area contributed by atoms with Gasteiger partial charge >= 0.3 is 0 Å². The lowest BCUT2D eigenvalue weighted by molar-refractivity contribution is -0.437. The molecule has 270 valence electrons. The first-order chi connectivity index (χ1) is 23.2.